The van der Waals surface area contributed by atoms with E-state index in [1.807, 2.05) is 23.1 Å². The van der Waals surface area contributed by atoms with E-state index in [1.54, 1.807) is 0 Å². The summed E-state index contributed by atoms with van der Waals surface area (Å²) in [6.45, 7) is 5.63. The normalized spacial score (nSPS) is 19.0. The lowest BCUT2D eigenvalue weighted by atomic mass is 9.93. The maximum absolute atomic E-state index is 12.4. The molecule has 0 radical (unpaired) electrons. The Morgan fingerprint density at radius 3 is 2.54 bits per heavy atom. The Kier molecular flexibility index (Phi) is 7.66. The Hall–Kier alpha value is -0.970. The molecule has 2 fully saturated rings. The molecule has 1 N–H and O–H groups in total. The van der Waals surface area contributed by atoms with Crippen LogP contribution in [0.25, 0.3) is 0 Å². The zero-order chi connectivity index (χ0) is 16.1. The molecule has 1 aromatic carbocycles. The minimum absolute atomic E-state index is 0. The first-order valence-electron chi connectivity index (χ1n) is 8.71. The van der Waals surface area contributed by atoms with Gasteiger partial charge in [0.2, 0.25) is 5.91 Å². The van der Waals surface area contributed by atoms with Crippen molar-refractivity contribution in [3.8, 4) is 0 Å². The van der Waals surface area contributed by atoms with Crippen LogP contribution in [-0.4, -0.2) is 50.1 Å². The van der Waals surface area contributed by atoms with Gasteiger partial charge in [-0.15, -0.1) is 12.4 Å². The van der Waals surface area contributed by atoms with Crippen LogP contribution in [0.3, 0.4) is 0 Å². The maximum Gasteiger partial charge on any atom is 0.222 e. The van der Waals surface area contributed by atoms with Crippen LogP contribution in [0.2, 0.25) is 5.02 Å². The van der Waals surface area contributed by atoms with Crippen molar-refractivity contribution in [3.05, 3.63) is 29.3 Å². The fraction of sp³-hybridized carbons (Fsp3) is 0.611. The van der Waals surface area contributed by atoms with Crippen LogP contribution < -0.4 is 10.2 Å². The molecular formula is C18H27Cl2N3O. The van der Waals surface area contributed by atoms with Crippen LogP contribution in [0.1, 0.15) is 25.7 Å². The third-order valence-electron chi connectivity index (χ3n) is 5.03. The molecule has 0 bridgehead atoms. The lowest BCUT2D eigenvalue weighted by Gasteiger charge is -2.36. The molecule has 0 aliphatic carbocycles. The SMILES string of the molecule is Cl.O=C(CCC1CCNCC1)N1CCN(c2cccc(Cl)c2)CC1. The number of halogens is 2. The van der Waals surface area contributed by atoms with Gasteiger partial charge in [-0.1, -0.05) is 17.7 Å². The highest BCUT2D eigenvalue weighted by Gasteiger charge is 2.22. The van der Waals surface area contributed by atoms with Gasteiger partial charge in [-0.2, -0.15) is 0 Å². The minimum Gasteiger partial charge on any atom is -0.368 e. The molecule has 1 amide bonds. The van der Waals surface area contributed by atoms with Crippen LogP contribution in [0.15, 0.2) is 24.3 Å². The molecular weight excluding hydrogens is 345 g/mol. The topological polar surface area (TPSA) is 35.6 Å². The summed E-state index contributed by atoms with van der Waals surface area (Å²) in [5.74, 6) is 1.06. The summed E-state index contributed by atoms with van der Waals surface area (Å²) in [5.41, 5.74) is 1.15. The number of piperazine rings is 1. The molecule has 2 aliphatic rings. The highest BCUT2D eigenvalue weighted by atomic mass is 35.5. The van der Waals surface area contributed by atoms with E-state index in [4.69, 9.17) is 11.6 Å². The van der Waals surface area contributed by atoms with Crippen molar-refractivity contribution in [2.45, 2.75) is 25.7 Å². The minimum atomic E-state index is 0. The van der Waals surface area contributed by atoms with Crippen molar-refractivity contribution in [1.82, 2.24) is 10.2 Å². The number of hydrogen-bond donors (Lipinski definition) is 1. The zero-order valence-electron chi connectivity index (χ0n) is 14.0. The average Bonchev–Trinajstić information content (AvgIpc) is 2.61. The number of nitrogens with one attached hydrogen (secondary N) is 1. The van der Waals surface area contributed by atoms with Crippen molar-refractivity contribution >= 4 is 35.6 Å². The Morgan fingerprint density at radius 2 is 1.88 bits per heavy atom. The van der Waals surface area contributed by atoms with E-state index in [0.29, 0.717) is 12.3 Å². The predicted octanol–water partition coefficient (Wildman–Crippen LogP) is 3.19. The number of piperidine rings is 1. The van der Waals surface area contributed by atoms with E-state index in [0.717, 1.165) is 62.3 Å². The number of nitrogens with zero attached hydrogens (tertiary/aromatic N) is 2. The Morgan fingerprint density at radius 1 is 1.17 bits per heavy atom. The number of carbonyl (C=O) groups is 1. The van der Waals surface area contributed by atoms with E-state index in [2.05, 4.69) is 16.3 Å². The summed E-state index contributed by atoms with van der Waals surface area (Å²) in [5, 5.41) is 4.15. The Bertz CT molecular complexity index is 527. The number of anilines is 1. The van der Waals surface area contributed by atoms with Gasteiger partial charge < -0.3 is 15.1 Å². The second-order valence-corrected chi connectivity index (χ2v) is 7.02. The molecule has 2 aliphatic heterocycles. The van der Waals surface area contributed by atoms with Gasteiger partial charge in [0.25, 0.3) is 0 Å². The Balaban J connectivity index is 0.00000208. The third kappa shape index (κ3) is 5.27. The van der Waals surface area contributed by atoms with Gasteiger partial charge >= 0.3 is 0 Å². The molecule has 6 heteroatoms. The number of carbonyl (C=O) groups excluding carboxylic acids is 1. The molecule has 0 atom stereocenters. The van der Waals surface area contributed by atoms with Gasteiger partial charge in [0.1, 0.15) is 0 Å². The van der Waals surface area contributed by atoms with Crippen LogP contribution in [0, 0.1) is 5.92 Å². The first kappa shape index (κ1) is 19.4. The second-order valence-electron chi connectivity index (χ2n) is 6.58. The molecule has 0 aromatic heterocycles. The first-order chi connectivity index (χ1) is 11.2. The van der Waals surface area contributed by atoms with Crippen molar-refractivity contribution in [2.75, 3.05) is 44.2 Å². The lowest BCUT2D eigenvalue weighted by molar-refractivity contribution is -0.131. The molecule has 0 saturated carbocycles. The van der Waals surface area contributed by atoms with Crippen LogP contribution >= 0.6 is 24.0 Å². The molecule has 4 nitrogen and oxygen atoms in total. The van der Waals surface area contributed by atoms with E-state index >= 15 is 0 Å². The van der Waals surface area contributed by atoms with E-state index in [1.165, 1.54) is 12.8 Å². The molecule has 24 heavy (non-hydrogen) atoms. The highest BCUT2D eigenvalue weighted by Crippen LogP contribution is 2.22. The molecule has 0 spiro atoms. The molecule has 0 unspecified atom stereocenters. The summed E-state index contributed by atoms with van der Waals surface area (Å²) in [6, 6.07) is 7.95. The van der Waals surface area contributed by atoms with Crippen molar-refractivity contribution < 1.29 is 4.79 Å². The second kappa shape index (κ2) is 9.50. The summed E-state index contributed by atoms with van der Waals surface area (Å²) in [6.07, 6.45) is 4.20. The largest absolute Gasteiger partial charge is 0.368 e. The van der Waals surface area contributed by atoms with Crippen molar-refractivity contribution in [1.29, 1.82) is 0 Å². The Labute approximate surface area is 155 Å². The van der Waals surface area contributed by atoms with Crippen LogP contribution in [-0.2, 0) is 4.79 Å². The zero-order valence-corrected chi connectivity index (χ0v) is 15.6. The number of hydrogen-bond acceptors (Lipinski definition) is 3. The smallest absolute Gasteiger partial charge is 0.222 e. The van der Waals surface area contributed by atoms with Crippen molar-refractivity contribution in [2.24, 2.45) is 5.92 Å². The highest BCUT2D eigenvalue weighted by molar-refractivity contribution is 6.30. The maximum atomic E-state index is 12.4. The fourth-order valence-corrected chi connectivity index (χ4v) is 3.73. The van der Waals surface area contributed by atoms with Gasteiger partial charge in [-0.25, -0.2) is 0 Å². The fourth-order valence-electron chi connectivity index (χ4n) is 3.54. The van der Waals surface area contributed by atoms with Crippen molar-refractivity contribution in [3.63, 3.8) is 0 Å². The molecule has 2 saturated heterocycles. The average molecular weight is 372 g/mol. The van der Waals surface area contributed by atoms with Gasteiger partial charge in [-0.05, 0) is 56.5 Å². The summed E-state index contributed by atoms with van der Waals surface area (Å²) < 4.78 is 0. The predicted molar refractivity (Wildman–Crippen MR) is 102 cm³/mol. The van der Waals surface area contributed by atoms with Gasteiger partial charge in [0.15, 0.2) is 0 Å². The molecule has 1 aromatic rings. The molecule has 2 heterocycles. The van der Waals surface area contributed by atoms with E-state index in [-0.39, 0.29) is 12.4 Å². The number of amides is 1. The summed E-state index contributed by atoms with van der Waals surface area (Å²) >= 11 is 6.06. The standard InChI is InChI=1S/C18H26ClN3O.ClH/c19-16-2-1-3-17(14-16)21-10-12-22(13-11-21)18(23)5-4-15-6-8-20-9-7-15;/h1-3,14-15,20H,4-13H2;1H. The van der Waals surface area contributed by atoms with Crippen LogP contribution in [0.4, 0.5) is 5.69 Å². The van der Waals surface area contributed by atoms with Gasteiger partial charge in [0.05, 0.1) is 0 Å². The van der Waals surface area contributed by atoms with Gasteiger partial charge in [0, 0.05) is 43.3 Å². The van der Waals surface area contributed by atoms with Crippen LogP contribution in [0.5, 0.6) is 0 Å². The molecule has 3 rings (SSSR count). The van der Waals surface area contributed by atoms with E-state index < -0.39 is 0 Å². The number of rotatable bonds is 4. The summed E-state index contributed by atoms with van der Waals surface area (Å²) in [4.78, 5) is 16.7. The number of benzene rings is 1. The molecule has 134 valence electrons. The van der Waals surface area contributed by atoms with E-state index in [9.17, 15) is 4.79 Å². The monoisotopic (exact) mass is 371 g/mol. The summed E-state index contributed by atoms with van der Waals surface area (Å²) in [7, 11) is 0. The first-order valence-corrected chi connectivity index (χ1v) is 9.09. The van der Waals surface area contributed by atoms with Gasteiger partial charge in [-0.3, -0.25) is 4.79 Å². The quantitative estimate of drug-likeness (QED) is 0.882. The lowest BCUT2D eigenvalue weighted by Crippen LogP contribution is -2.48. The third-order valence-corrected chi connectivity index (χ3v) is 5.27.